The summed E-state index contributed by atoms with van der Waals surface area (Å²) in [6.45, 7) is 2.14. The molecule has 1 aliphatic carbocycles. The number of rotatable bonds is 13. The summed E-state index contributed by atoms with van der Waals surface area (Å²) in [5.41, 5.74) is 5.13. The minimum atomic E-state index is -0.533. The van der Waals surface area contributed by atoms with Crippen LogP contribution in [-0.2, 0) is 4.79 Å². The number of hydrogen-bond donors (Lipinski definition) is 4. The molecule has 0 bridgehead atoms. The highest BCUT2D eigenvalue weighted by atomic mass is 16.3. The topological polar surface area (TPSA) is 104 Å². The van der Waals surface area contributed by atoms with Gasteiger partial charge in [0.15, 0.2) is 0 Å². The van der Waals surface area contributed by atoms with E-state index < -0.39 is 18.3 Å². The summed E-state index contributed by atoms with van der Waals surface area (Å²) in [5.74, 6) is -0.288. The summed E-state index contributed by atoms with van der Waals surface area (Å²) < 4.78 is 0. The highest BCUT2D eigenvalue weighted by molar-refractivity contribution is 5.73. The summed E-state index contributed by atoms with van der Waals surface area (Å²) in [5, 5.41) is 30.5. The van der Waals surface area contributed by atoms with Crippen LogP contribution in [0.2, 0.25) is 0 Å². The first-order chi connectivity index (χ1) is 12.0. The maximum Gasteiger partial charge on any atom is 0.217 e. The van der Waals surface area contributed by atoms with E-state index in [4.69, 9.17) is 5.73 Å². The Morgan fingerprint density at radius 1 is 1.12 bits per heavy atom. The summed E-state index contributed by atoms with van der Waals surface area (Å²) in [7, 11) is 0. The van der Waals surface area contributed by atoms with Crippen LogP contribution < -0.4 is 5.73 Å². The van der Waals surface area contributed by atoms with Crippen molar-refractivity contribution in [2.45, 2.75) is 95.9 Å². The zero-order valence-corrected chi connectivity index (χ0v) is 15.6. The van der Waals surface area contributed by atoms with E-state index >= 15 is 0 Å². The molecular formula is C20H37NO4. The monoisotopic (exact) mass is 355 g/mol. The Kier molecular flexibility index (Phi) is 11.0. The van der Waals surface area contributed by atoms with Gasteiger partial charge in [-0.05, 0) is 25.2 Å². The second-order valence-electron chi connectivity index (χ2n) is 7.48. The molecule has 5 atom stereocenters. The van der Waals surface area contributed by atoms with Crippen molar-refractivity contribution in [3.8, 4) is 0 Å². The molecule has 146 valence electrons. The van der Waals surface area contributed by atoms with Gasteiger partial charge >= 0.3 is 0 Å². The third-order valence-electron chi connectivity index (χ3n) is 5.29. The maximum absolute atomic E-state index is 10.7. The molecule has 25 heavy (non-hydrogen) atoms. The van der Waals surface area contributed by atoms with E-state index in [2.05, 4.69) is 6.92 Å². The average Bonchev–Trinajstić information content (AvgIpc) is 2.82. The van der Waals surface area contributed by atoms with Gasteiger partial charge in [0.25, 0.3) is 0 Å². The van der Waals surface area contributed by atoms with E-state index in [0.717, 1.165) is 57.8 Å². The van der Waals surface area contributed by atoms with Crippen LogP contribution in [0.5, 0.6) is 0 Å². The number of carbonyl (C=O) groups excluding carboxylic acids is 1. The lowest BCUT2D eigenvalue weighted by Gasteiger charge is -2.21. The van der Waals surface area contributed by atoms with Crippen LogP contribution in [0.25, 0.3) is 0 Å². The lowest BCUT2D eigenvalue weighted by molar-refractivity contribution is -0.118. The van der Waals surface area contributed by atoms with E-state index in [9.17, 15) is 20.1 Å². The Morgan fingerprint density at radius 2 is 1.84 bits per heavy atom. The smallest absolute Gasteiger partial charge is 0.217 e. The van der Waals surface area contributed by atoms with E-state index in [0.29, 0.717) is 12.8 Å². The fraction of sp³-hybridized carbons (Fsp3) is 0.850. The van der Waals surface area contributed by atoms with Gasteiger partial charge in [-0.1, -0.05) is 57.6 Å². The van der Waals surface area contributed by atoms with Gasteiger partial charge in [-0.3, -0.25) is 4.79 Å². The van der Waals surface area contributed by atoms with Crippen molar-refractivity contribution < 1.29 is 20.1 Å². The highest BCUT2D eigenvalue weighted by Gasteiger charge is 2.39. The van der Waals surface area contributed by atoms with Crippen molar-refractivity contribution in [2.24, 2.45) is 17.6 Å². The fourth-order valence-corrected chi connectivity index (χ4v) is 3.77. The first-order valence-corrected chi connectivity index (χ1v) is 9.96. The van der Waals surface area contributed by atoms with Gasteiger partial charge in [-0.15, -0.1) is 0 Å². The molecule has 1 aliphatic rings. The number of primary amides is 1. The fourth-order valence-electron chi connectivity index (χ4n) is 3.77. The number of carbonyl (C=O) groups is 1. The Morgan fingerprint density at radius 3 is 2.52 bits per heavy atom. The second kappa shape index (κ2) is 12.4. The predicted molar refractivity (Wildman–Crippen MR) is 99.8 cm³/mol. The zero-order chi connectivity index (χ0) is 18.7. The molecule has 0 heterocycles. The second-order valence-corrected chi connectivity index (χ2v) is 7.48. The molecule has 0 radical (unpaired) electrons. The normalized spacial score (nSPS) is 27.8. The number of aliphatic hydroxyl groups is 3. The van der Waals surface area contributed by atoms with Crippen LogP contribution in [0.15, 0.2) is 12.2 Å². The molecule has 0 unspecified atom stereocenters. The Balaban J connectivity index is 2.38. The van der Waals surface area contributed by atoms with Gasteiger partial charge in [-0.2, -0.15) is 0 Å². The first-order valence-electron chi connectivity index (χ1n) is 9.96. The van der Waals surface area contributed by atoms with E-state index in [1.54, 1.807) is 6.08 Å². The van der Waals surface area contributed by atoms with E-state index in [1.807, 2.05) is 6.08 Å². The molecular weight excluding hydrogens is 318 g/mol. The predicted octanol–water partition coefficient (Wildman–Crippen LogP) is 2.67. The number of aliphatic hydroxyl groups excluding tert-OH is 3. The lowest BCUT2D eigenvalue weighted by atomic mass is 9.88. The van der Waals surface area contributed by atoms with E-state index in [1.165, 1.54) is 0 Å². The highest BCUT2D eigenvalue weighted by Crippen LogP contribution is 2.37. The molecule has 0 spiro atoms. The molecule has 5 nitrogen and oxygen atoms in total. The summed E-state index contributed by atoms with van der Waals surface area (Å²) >= 11 is 0. The van der Waals surface area contributed by atoms with Crippen molar-refractivity contribution in [1.29, 1.82) is 0 Å². The largest absolute Gasteiger partial charge is 0.393 e. The van der Waals surface area contributed by atoms with Gasteiger partial charge in [0.05, 0.1) is 18.3 Å². The molecule has 1 rings (SSSR count). The number of hydrogen-bond acceptors (Lipinski definition) is 4. The van der Waals surface area contributed by atoms with Crippen LogP contribution in [0.1, 0.15) is 77.6 Å². The van der Waals surface area contributed by atoms with Gasteiger partial charge in [0, 0.05) is 18.8 Å². The molecule has 1 fully saturated rings. The number of nitrogens with two attached hydrogens (primary N) is 1. The molecule has 5 N–H and O–H groups in total. The van der Waals surface area contributed by atoms with Gasteiger partial charge in [-0.25, -0.2) is 0 Å². The third kappa shape index (κ3) is 8.84. The lowest BCUT2D eigenvalue weighted by Crippen LogP contribution is -2.21. The van der Waals surface area contributed by atoms with Crippen LogP contribution in [0, 0.1) is 11.8 Å². The summed E-state index contributed by atoms with van der Waals surface area (Å²) in [6, 6.07) is 0. The first kappa shape index (κ1) is 22.1. The molecule has 0 aromatic heterocycles. The van der Waals surface area contributed by atoms with Crippen LogP contribution >= 0.6 is 0 Å². The molecule has 1 saturated carbocycles. The van der Waals surface area contributed by atoms with Crippen LogP contribution in [-0.4, -0.2) is 39.5 Å². The van der Waals surface area contributed by atoms with E-state index in [-0.39, 0.29) is 17.7 Å². The minimum absolute atomic E-state index is 0.0465. The SMILES string of the molecule is CCCCC[C@H](O)/C=C/[C@@H]1[C@@H](CCCCCCC(N)=O)[C@@H](O)C[C@H]1O. The zero-order valence-electron chi connectivity index (χ0n) is 15.6. The van der Waals surface area contributed by atoms with Gasteiger partial charge in [0.2, 0.25) is 5.91 Å². The van der Waals surface area contributed by atoms with Crippen molar-refractivity contribution in [3.05, 3.63) is 12.2 Å². The van der Waals surface area contributed by atoms with Crippen molar-refractivity contribution in [1.82, 2.24) is 0 Å². The van der Waals surface area contributed by atoms with Crippen LogP contribution in [0.3, 0.4) is 0 Å². The van der Waals surface area contributed by atoms with Gasteiger partial charge in [0.1, 0.15) is 0 Å². The molecule has 0 aromatic rings. The number of unbranched alkanes of at least 4 members (excludes halogenated alkanes) is 5. The molecule has 0 saturated heterocycles. The van der Waals surface area contributed by atoms with Crippen molar-refractivity contribution in [3.63, 3.8) is 0 Å². The summed E-state index contributed by atoms with van der Waals surface area (Å²) in [6.07, 6.45) is 11.7. The molecule has 5 heteroatoms. The molecule has 0 aliphatic heterocycles. The standard InChI is InChI=1S/C20H37NO4/c1-2-3-6-9-15(22)12-13-17-16(18(23)14-19(17)24)10-7-4-5-8-11-20(21)25/h12-13,15-19,22-24H,2-11,14H2,1H3,(H2,21,25)/b13-12+/t15-,16+,17+,18-,19+/m0/s1. The number of amides is 1. The molecule has 1 amide bonds. The Labute approximate surface area is 152 Å². The third-order valence-corrected chi connectivity index (χ3v) is 5.29. The quantitative estimate of drug-likeness (QED) is 0.301. The van der Waals surface area contributed by atoms with Crippen molar-refractivity contribution in [2.75, 3.05) is 0 Å². The maximum atomic E-state index is 10.7. The van der Waals surface area contributed by atoms with Crippen LogP contribution in [0.4, 0.5) is 0 Å². The summed E-state index contributed by atoms with van der Waals surface area (Å²) in [4.78, 5) is 10.7. The van der Waals surface area contributed by atoms with Gasteiger partial charge < -0.3 is 21.1 Å². The Bertz CT molecular complexity index is 399. The Hall–Kier alpha value is -0.910. The molecule has 0 aromatic carbocycles. The minimum Gasteiger partial charge on any atom is -0.393 e. The van der Waals surface area contributed by atoms with Crippen molar-refractivity contribution >= 4 is 5.91 Å². The average molecular weight is 356 g/mol.